The Morgan fingerprint density at radius 2 is 2.15 bits per heavy atom. The molecule has 1 rings (SSSR count). The fourth-order valence-corrected chi connectivity index (χ4v) is 0.906. The molecule has 0 aromatic carbocycles. The molecule has 0 saturated carbocycles. The van der Waals surface area contributed by atoms with Crippen LogP contribution in [0.3, 0.4) is 0 Å². The summed E-state index contributed by atoms with van der Waals surface area (Å²) in [5, 5.41) is 0.419. The maximum atomic E-state index is 5.70. The fraction of sp³-hybridized carbons (Fsp3) is 0.300. The Balaban J connectivity index is 3.02. The summed E-state index contributed by atoms with van der Waals surface area (Å²) >= 11 is 5.70. The average Bonchev–Trinajstić information content (AvgIpc) is 2.06. The van der Waals surface area contributed by atoms with Gasteiger partial charge in [-0.2, -0.15) is 0 Å². The lowest BCUT2D eigenvalue weighted by molar-refractivity contribution is 0.866. The molecule has 0 radical (unpaired) electrons. The first kappa shape index (κ1) is 9.88. The van der Waals surface area contributed by atoms with Gasteiger partial charge in [0.1, 0.15) is 10.8 Å². The van der Waals surface area contributed by atoms with E-state index in [9.17, 15) is 0 Å². The lowest BCUT2D eigenvalue weighted by Crippen LogP contribution is -1.93. The predicted octanol–water partition coefficient (Wildman–Crippen LogP) is 2.32. The topological polar surface area (TPSA) is 38.9 Å². The number of aromatic nitrogens is 1. The Hall–Kier alpha value is -1.20. The highest BCUT2D eigenvalue weighted by molar-refractivity contribution is 6.29. The molecule has 0 fully saturated rings. The van der Waals surface area contributed by atoms with E-state index in [4.69, 9.17) is 17.3 Å². The molecule has 1 aromatic heterocycles. The van der Waals surface area contributed by atoms with E-state index in [-0.39, 0.29) is 0 Å². The lowest BCUT2D eigenvalue weighted by Gasteiger charge is -1.97. The van der Waals surface area contributed by atoms with Crippen LogP contribution in [0.5, 0.6) is 0 Å². The van der Waals surface area contributed by atoms with Crippen LogP contribution in [0.2, 0.25) is 5.15 Å². The van der Waals surface area contributed by atoms with Gasteiger partial charge in [0, 0.05) is 5.92 Å². The number of anilines is 1. The second kappa shape index (κ2) is 4.15. The van der Waals surface area contributed by atoms with E-state index in [1.165, 1.54) is 0 Å². The maximum Gasteiger partial charge on any atom is 0.137 e. The van der Waals surface area contributed by atoms with Crippen LogP contribution in [-0.2, 0) is 0 Å². The molecule has 0 spiro atoms. The molecular formula is C10H11ClN2. The molecule has 0 aliphatic rings. The van der Waals surface area contributed by atoms with Crippen molar-refractivity contribution in [3.63, 3.8) is 0 Å². The summed E-state index contributed by atoms with van der Waals surface area (Å²) in [5.74, 6) is 6.17. The summed E-state index contributed by atoms with van der Waals surface area (Å²) in [5.41, 5.74) is 6.78. The number of rotatable bonds is 0. The van der Waals surface area contributed by atoms with Crippen molar-refractivity contribution in [3.8, 4) is 11.8 Å². The van der Waals surface area contributed by atoms with Gasteiger partial charge in [0.05, 0.1) is 5.69 Å². The summed E-state index contributed by atoms with van der Waals surface area (Å²) in [6, 6.07) is 3.36. The van der Waals surface area contributed by atoms with Gasteiger partial charge in [0.25, 0.3) is 0 Å². The number of nitrogen functional groups attached to an aromatic ring is 1. The van der Waals surface area contributed by atoms with Crippen LogP contribution >= 0.6 is 11.6 Å². The number of nitrogens with two attached hydrogens (primary N) is 1. The van der Waals surface area contributed by atoms with Crippen molar-refractivity contribution in [2.45, 2.75) is 13.8 Å². The summed E-state index contributed by atoms with van der Waals surface area (Å²) in [6.07, 6.45) is 0. The van der Waals surface area contributed by atoms with Gasteiger partial charge in [-0.25, -0.2) is 4.98 Å². The Morgan fingerprint density at radius 1 is 1.46 bits per heavy atom. The molecule has 2 nitrogen and oxygen atoms in total. The van der Waals surface area contributed by atoms with E-state index in [1.807, 2.05) is 13.8 Å². The van der Waals surface area contributed by atoms with Gasteiger partial charge in [-0.05, 0) is 18.1 Å². The third kappa shape index (κ3) is 2.96. The number of pyridine rings is 1. The van der Waals surface area contributed by atoms with E-state index >= 15 is 0 Å². The van der Waals surface area contributed by atoms with E-state index < -0.39 is 0 Å². The van der Waals surface area contributed by atoms with Crippen molar-refractivity contribution in [1.82, 2.24) is 4.98 Å². The molecule has 1 heterocycles. The summed E-state index contributed by atoms with van der Waals surface area (Å²) in [7, 11) is 0. The Labute approximate surface area is 83.1 Å². The molecule has 68 valence electrons. The Bertz CT molecular complexity index is 361. The minimum atomic E-state index is 0.306. The first-order valence-corrected chi connectivity index (χ1v) is 4.41. The van der Waals surface area contributed by atoms with Gasteiger partial charge in [-0.3, -0.25) is 0 Å². The van der Waals surface area contributed by atoms with Gasteiger partial charge in [-0.1, -0.05) is 31.4 Å². The van der Waals surface area contributed by atoms with Gasteiger partial charge in [-0.15, -0.1) is 0 Å². The fourth-order valence-electron chi connectivity index (χ4n) is 0.759. The number of halogens is 1. The third-order valence-electron chi connectivity index (χ3n) is 1.37. The minimum absolute atomic E-state index is 0.306. The highest BCUT2D eigenvalue weighted by Gasteiger charge is 1.97. The number of hydrogen-bond acceptors (Lipinski definition) is 2. The molecule has 0 saturated heterocycles. The SMILES string of the molecule is CC(C)C#Cc1nc(Cl)ccc1N. The zero-order chi connectivity index (χ0) is 9.84. The quantitative estimate of drug-likeness (QED) is 0.509. The molecule has 1 aromatic rings. The van der Waals surface area contributed by atoms with Crippen molar-refractivity contribution < 1.29 is 0 Å². The Morgan fingerprint density at radius 3 is 2.77 bits per heavy atom. The van der Waals surface area contributed by atoms with Crippen LogP contribution in [-0.4, -0.2) is 4.98 Å². The lowest BCUT2D eigenvalue weighted by atomic mass is 10.2. The Kier molecular flexibility index (Phi) is 3.16. The molecule has 0 aliphatic heterocycles. The third-order valence-corrected chi connectivity index (χ3v) is 1.58. The van der Waals surface area contributed by atoms with E-state index in [0.29, 0.717) is 22.5 Å². The molecule has 13 heavy (non-hydrogen) atoms. The summed E-state index contributed by atoms with van der Waals surface area (Å²) in [6.45, 7) is 4.02. The summed E-state index contributed by atoms with van der Waals surface area (Å²) in [4.78, 5) is 4.01. The van der Waals surface area contributed by atoms with Crippen molar-refractivity contribution in [1.29, 1.82) is 0 Å². The molecule has 0 amide bonds. The van der Waals surface area contributed by atoms with Crippen LogP contribution < -0.4 is 5.73 Å². The molecule has 0 atom stereocenters. The largest absolute Gasteiger partial charge is 0.396 e. The molecule has 0 aliphatic carbocycles. The second-order valence-electron chi connectivity index (χ2n) is 3.00. The zero-order valence-corrected chi connectivity index (χ0v) is 8.39. The van der Waals surface area contributed by atoms with Crippen LogP contribution in [0, 0.1) is 17.8 Å². The molecule has 3 heteroatoms. The van der Waals surface area contributed by atoms with Crippen LogP contribution in [0.25, 0.3) is 0 Å². The second-order valence-corrected chi connectivity index (χ2v) is 3.38. The predicted molar refractivity (Wildman–Crippen MR) is 55.4 cm³/mol. The number of hydrogen-bond donors (Lipinski definition) is 1. The summed E-state index contributed by atoms with van der Waals surface area (Å²) < 4.78 is 0. The first-order chi connectivity index (χ1) is 6.09. The van der Waals surface area contributed by atoms with Gasteiger partial charge in [0.15, 0.2) is 0 Å². The van der Waals surface area contributed by atoms with Crippen molar-refractivity contribution in [2.75, 3.05) is 5.73 Å². The van der Waals surface area contributed by atoms with Crippen LogP contribution in [0.4, 0.5) is 5.69 Å². The van der Waals surface area contributed by atoms with Gasteiger partial charge in [0.2, 0.25) is 0 Å². The van der Waals surface area contributed by atoms with Crippen molar-refractivity contribution in [3.05, 3.63) is 23.0 Å². The first-order valence-electron chi connectivity index (χ1n) is 4.03. The van der Waals surface area contributed by atoms with E-state index in [1.54, 1.807) is 12.1 Å². The molecule has 0 bridgehead atoms. The standard InChI is InChI=1S/C10H11ClN2/c1-7(2)3-5-9-8(12)4-6-10(11)13-9/h4,6-7H,12H2,1-2H3. The monoisotopic (exact) mass is 194 g/mol. The molecular weight excluding hydrogens is 184 g/mol. The van der Waals surface area contributed by atoms with Gasteiger partial charge >= 0.3 is 0 Å². The smallest absolute Gasteiger partial charge is 0.137 e. The van der Waals surface area contributed by atoms with Crippen LogP contribution in [0.1, 0.15) is 19.5 Å². The zero-order valence-electron chi connectivity index (χ0n) is 7.63. The maximum absolute atomic E-state index is 5.70. The molecule has 0 unspecified atom stereocenters. The van der Waals surface area contributed by atoms with Crippen molar-refractivity contribution in [2.24, 2.45) is 5.92 Å². The van der Waals surface area contributed by atoms with E-state index in [2.05, 4.69) is 16.8 Å². The average molecular weight is 195 g/mol. The number of nitrogens with zero attached hydrogens (tertiary/aromatic N) is 1. The normalized spacial score (nSPS) is 9.54. The van der Waals surface area contributed by atoms with E-state index in [0.717, 1.165) is 0 Å². The highest BCUT2D eigenvalue weighted by Crippen LogP contribution is 2.12. The van der Waals surface area contributed by atoms with Crippen LogP contribution in [0.15, 0.2) is 12.1 Å². The highest BCUT2D eigenvalue weighted by atomic mass is 35.5. The van der Waals surface area contributed by atoms with Crippen molar-refractivity contribution >= 4 is 17.3 Å². The van der Waals surface area contributed by atoms with Gasteiger partial charge < -0.3 is 5.73 Å². The molecule has 2 N–H and O–H groups in total. The minimum Gasteiger partial charge on any atom is -0.396 e.